The Hall–Kier alpha value is -2.44. The summed E-state index contributed by atoms with van der Waals surface area (Å²) in [5.41, 5.74) is 7.26. The van der Waals surface area contributed by atoms with E-state index in [-0.39, 0.29) is 23.9 Å². The van der Waals surface area contributed by atoms with Gasteiger partial charge in [0, 0.05) is 13.1 Å². The van der Waals surface area contributed by atoms with E-state index in [1.54, 1.807) is 19.1 Å². The summed E-state index contributed by atoms with van der Waals surface area (Å²) in [6.45, 7) is 4.78. The lowest BCUT2D eigenvalue weighted by Gasteiger charge is -2.23. The SMILES string of the molecule is COc1cc(C)c([C@@H](C)NC(=O)N2CC[C@@H](C(N)=O)C2)cc1OC. The first-order chi connectivity index (χ1) is 11.4. The standard InChI is InChI=1S/C17H25N3O4/c1-10-7-14(23-3)15(24-4)8-13(10)11(2)19-17(22)20-6-5-12(9-20)16(18)21/h7-8,11-12H,5-6,9H2,1-4H3,(H2,18,21)(H,19,22)/t11-,12-/m1/s1. The van der Waals surface area contributed by atoms with E-state index in [1.165, 1.54) is 0 Å². The Kier molecular flexibility index (Phi) is 5.54. The number of methoxy groups -OCH3 is 2. The number of rotatable bonds is 5. The monoisotopic (exact) mass is 335 g/mol. The molecular formula is C17H25N3O4. The highest BCUT2D eigenvalue weighted by Gasteiger charge is 2.30. The second kappa shape index (κ2) is 7.42. The smallest absolute Gasteiger partial charge is 0.317 e. The fourth-order valence-corrected chi connectivity index (χ4v) is 2.99. The molecule has 1 saturated heterocycles. The molecule has 7 nitrogen and oxygen atoms in total. The van der Waals surface area contributed by atoms with Crippen LogP contribution >= 0.6 is 0 Å². The highest BCUT2D eigenvalue weighted by molar-refractivity contribution is 5.80. The Balaban J connectivity index is 2.08. The molecule has 3 N–H and O–H groups in total. The van der Waals surface area contributed by atoms with Gasteiger partial charge in [-0.3, -0.25) is 4.79 Å². The van der Waals surface area contributed by atoms with Gasteiger partial charge in [-0.1, -0.05) is 0 Å². The fraction of sp³-hybridized carbons (Fsp3) is 0.529. The maximum atomic E-state index is 12.4. The molecule has 24 heavy (non-hydrogen) atoms. The highest BCUT2D eigenvalue weighted by atomic mass is 16.5. The molecular weight excluding hydrogens is 310 g/mol. The molecule has 0 saturated carbocycles. The molecule has 3 amide bonds. The maximum absolute atomic E-state index is 12.4. The van der Waals surface area contributed by atoms with Crippen LogP contribution in [-0.4, -0.2) is 44.1 Å². The summed E-state index contributed by atoms with van der Waals surface area (Å²) in [4.78, 5) is 25.2. The summed E-state index contributed by atoms with van der Waals surface area (Å²) in [6.07, 6.45) is 0.618. The van der Waals surface area contributed by atoms with Gasteiger partial charge in [0.15, 0.2) is 11.5 Å². The van der Waals surface area contributed by atoms with E-state index in [9.17, 15) is 9.59 Å². The zero-order chi connectivity index (χ0) is 17.9. The van der Waals surface area contributed by atoms with Crippen molar-refractivity contribution in [2.75, 3.05) is 27.3 Å². The summed E-state index contributed by atoms with van der Waals surface area (Å²) < 4.78 is 10.6. The van der Waals surface area contributed by atoms with Gasteiger partial charge in [-0.2, -0.15) is 0 Å². The number of primary amides is 1. The predicted octanol–water partition coefficient (Wildman–Crippen LogP) is 1.59. The Bertz CT molecular complexity index is 633. The molecule has 1 aliphatic rings. The van der Waals surface area contributed by atoms with Crippen LogP contribution in [0, 0.1) is 12.8 Å². The molecule has 0 aromatic heterocycles. The molecule has 0 aliphatic carbocycles. The highest BCUT2D eigenvalue weighted by Crippen LogP contribution is 2.33. The van der Waals surface area contributed by atoms with Crippen molar-refractivity contribution in [2.45, 2.75) is 26.3 Å². The van der Waals surface area contributed by atoms with Gasteiger partial charge in [0.25, 0.3) is 0 Å². The van der Waals surface area contributed by atoms with Crippen LogP contribution in [0.15, 0.2) is 12.1 Å². The molecule has 132 valence electrons. The van der Waals surface area contributed by atoms with Crippen molar-refractivity contribution >= 4 is 11.9 Å². The summed E-state index contributed by atoms with van der Waals surface area (Å²) in [6, 6.07) is 3.36. The number of amides is 3. The fourth-order valence-electron chi connectivity index (χ4n) is 2.99. The Labute approximate surface area is 142 Å². The third kappa shape index (κ3) is 3.72. The number of nitrogens with two attached hydrogens (primary N) is 1. The minimum Gasteiger partial charge on any atom is -0.493 e. The number of aryl methyl sites for hydroxylation is 1. The molecule has 0 bridgehead atoms. The number of nitrogens with one attached hydrogen (secondary N) is 1. The van der Waals surface area contributed by atoms with E-state index in [2.05, 4.69) is 5.32 Å². The number of hydrogen-bond donors (Lipinski definition) is 2. The van der Waals surface area contributed by atoms with Crippen LogP contribution in [0.3, 0.4) is 0 Å². The van der Waals surface area contributed by atoms with E-state index < -0.39 is 0 Å². The minimum atomic E-state index is -0.353. The van der Waals surface area contributed by atoms with Gasteiger partial charge in [0.1, 0.15) is 0 Å². The number of nitrogens with zero attached hydrogens (tertiary/aromatic N) is 1. The molecule has 0 unspecified atom stereocenters. The van der Waals surface area contributed by atoms with Crippen molar-refractivity contribution in [1.82, 2.24) is 10.2 Å². The first kappa shape index (κ1) is 17.9. The average Bonchev–Trinajstić information content (AvgIpc) is 3.04. The number of ether oxygens (including phenoxy) is 2. The largest absolute Gasteiger partial charge is 0.493 e. The third-order valence-electron chi connectivity index (χ3n) is 4.46. The molecule has 2 atom stereocenters. The first-order valence-corrected chi connectivity index (χ1v) is 7.94. The van der Waals surface area contributed by atoms with E-state index in [4.69, 9.17) is 15.2 Å². The van der Waals surface area contributed by atoms with Crippen molar-refractivity contribution in [3.8, 4) is 11.5 Å². The average molecular weight is 335 g/mol. The van der Waals surface area contributed by atoms with Crippen molar-refractivity contribution in [2.24, 2.45) is 11.7 Å². The summed E-state index contributed by atoms with van der Waals surface area (Å²) in [5.74, 6) is 0.665. The van der Waals surface area contributed by atoms with Crippen LogP contribution in [0.4, 0.5) is 4.79 Å². The maximum Gasteiger partial charge on any atom is 0.317 e. The zero-order valence-corrected chi connectivity index (χ0v) is 14.6. The lowest BCUT2D eigenvalue weighted by atomic mass is 10.0. The van der Waals surface area contributed by atoms with Crippen molar-refractivity contribution in [3.63, 3.8) is 0 Å². The van der Waals surface area contributed by atoms with Gasteiger partial charge in [-0.25, -0.2) is 4.79 Å². The van der Waals surface area contributed by atoms with Crippen LogP contribution in [0.1, 0.15) is 30.5 Å². The number of carbonyl (C=O) groups excluding carboxylic acids is 2. The second-order valence-electron chi connectivity index (χ2n) is 6.07. The number of carbonyl (C=O) groups is 2. The number of likely N-dealkylation sites (tertiary alicyclic amines) is 1. The lowest BCUT2D eigenvalue weighted by Crippen LogP contribution is -2.40. The Morgan fingerprint density at radius 1 is 1.29 bits per heavy atom. The van der Waals surface area contributed by atoms with Gasteiger partial charge in [-0.05, 0) is 43.5 Å². The molecule has 7 heteroatoms. The molecule has 1 fully saturated rings. The molecule has 2 rings (SSSR count). The second-order valence-corrected chi connectivity index (χ2v) is 6.07. The number of benzene rings is 1. The predicted molar refractivity (Wildman–Crippen MR) is 90.1 cm³/mol. The normalized spacial score (nSPS) is 18.2. The molecule has 0 radical (unpaired) electrons. The van der Waals surface area contributed by atoms with E-state index in [1.807, 2.05) is 26.0 Å². The van der Waals surface area contributed by atoms with Gasteiger partial charge >= 0.3 is 6.03 Å². The van der Waals surface area contributed by atoms with Crippen molar-refractivity contribution in [1.29, 1.82) is 0 Å². The van der Waals surface area contributed by atoms with Crippen molar-refractivity contribution < 1.29 is 19.1 Å². The summed E-state index contributed by atoms with van der Waals surface area (Å²) in [7, 11) is 3.17. The van der Waals surface area contributed by atoms with Crippen LogP contribution in [0.5, 0.6) is 11.5 Å². The van der Waals surface area contributed by atoms with Crippen LogP contribution in [0.25, 0.3) is 0 Å². The van der Waals surface area contributed by atoms with Gasteiger partial charge in [-0.15, -0.1) is 0 Å². The molecule has 1 aliphatic heterocycles. The van der Waals surface area contributed by atoms with Crippen molar-refractivity contribution in [3.05, 3.63) is 23.3 Å². The van der Waals surface area contributed by atoms with E-state index in [0.717, 1.165) is 11.1 Å². The number of urea groups is 1. The lowest BCUT2D eigenvalue weighted by molar-refractivity contribution is -0.121. The number of hydrogen-bond acceptors (Lipinski definition) is 4. The Morgan fingerprint density at radius 3 is 2.46 bits per heavy atom. The Morgan fingerprint density at radius 2 is 1.92 bits per heavy atom. The van der Waals surface area contributed by atoms with Gasteiger partial charge in [0.2, 0.25) is 5.91 Å². The molecule has 1 heterocycles. The summed E-state index contributed by atoms with van der Waals surface area (Å²) >= 11 is 0. The quantitative estimate of drug-likeness (QED) is 0.854. The molecule has 1 aromatic carbocycles. The topological polar surface area (TPSA) is 93.9 Å². The third-order valence-corrected chi connectivity index (χ3v) is 4.46. The van der Waals surface area contributed by atoms with Gasteiger partial charge < -0.3 is 25.4 Å². The van der Waals surface area contributed by atoms with E-state index >= 15 is 0 Å². The van der Waals surface area contributed by atoms with Crippen LogP contribution in [0.2, 0.25) is 0 Å². The first-order valence-electron chi connectivity index (χ1n) is 7.94. The molecule has 1 aromatic rings. The summed E-state index contributed by atoms with van der Waals surface area (Å²) in [5, 5.41) is 2.97. The van der Waals surface area contributed by atoms with Crippen LogP contribution in [-0.2, 0) is 4.79 Å². The minimum absolute atomic E-state index is 0.194. The van der Waals surface area contributed by atoms with Crippen LogP contribution < -0.4 is 20.5 Å². The van der Waals surface area contributed by atoms with E-state index in [0.29, 0.717) is 31.0 Å². The molecule has 0 spiro atoms. The van der Waals surface area contributed by atoms with Gasteiger partial charge in [0.05, 0.1) is 26.2 Å². The zero-order valence-electron chi connectivity index (χ0n) is 14.6.